The van der Waals surface area contributed by atoms with Crippen molar-refractivity contribution < 1.29 is 23.8 Å². The van der Waals surface area contributed by atoms with Gasteiger partial charge in [0.2, 0.25) is 5.91 Å². The Morgan fingerprint density at radius 3 is 2.64 bits per heavy atom. The van der Waals surface area contributed by atoms with Gasteiger partial charge in [-0.1, -0.05) is 0 Å². The Bertz CT molecular complexity index is 877. The summed E-state index contributed by atoms with van der Waals surface area (Å²) in [7, 11) is 1.61. The summed E-state index contributed by atoms with van der Waals surface area (Å²) in [6.07, 6.45) is 1.88. The first kappa shape index (κ1) is 18.2. The van der Waals surface area contributed by atoms with Crippen LogP contribution in [0.2, 0.25) is 0 Å². The molecular weight excluding hydrogens is 360 g/mol. The van der Waals surface area contributed by atoms with Crippen molar-refractivity contribution in [3.05, 3.63) is 42.5 Å². The minimum atomic E-state index is -0.142. The minimum Gasteiger partial charge on any atom is -0.497 e. The Labute approximate surface area is 163 Å². The largest absolute Gasteiger partial charge is 0.497 e. The first-order chi connectivity index (χ1) is 13.6. The van der Waals surface area contributed by atoms with Crippen molar-refractivity contribution in [2.45, 2.75) is 12.8 Å². The monoisotopic (exact) mass is 382 g/mol. The minimum absolute atomic E-state index is 0.0106. The molecule has 28 heavy (non-hydrogen) atoms. The normalized spacial score (nSPS) is 15.5. The number of nitrogens with zero attached hydrogens (tertiary/aromatic N) is 1. The first-order valence-electron chi connectivity index (χ1n) is 9.29. The molecule has 0 aromatic heterocycles. The molecule has 1 fully saturated rings. The van der Waals surface area contributed by atoms with Gasteiger partial charge in [-0.2, -0.15) is 0 Å². The number of hydrogen-bond acceptors (Lipinski definition) is 5. The van der Waals surface area contributed by atoms with E-state index in [0.717, 1.165) is 18.6 Å². The zero-order valence-corrected chi connectivity index (χ0v) is 15.6. The van der Waals surface area contributed by atoms with Crippen LogP contribution in [0.15, 0.2) is 42.5 Å². The third-order valence-electron chi connectivity index (χ3n) is 4.76. The first-order valence-corrected chi connectivity index (χ1v) is 9.29. The topological polar surface area (TPSA) is 77.1 Å². The molecule has 7 nitrogen and oxygen atoms in total. The van der Waals surface area contributed by atoms with E-state index >= 15 is 0 Å². The van der Waals surface area contributed by atoms with E-state index in [2.05, 4.69) is 5.32 Å². The zero-order chi connectivity index (χ0) is 19.5. The lowest BCUT2D eigenvalue weighted by molar-refractivity contribution is -0.121. The van der Waals surface area contributed by atoms with Crippen LogP contribution in [0.4, 0.5) is 11.4 Å². The number of rotatable bonds is 7. The summed E-state index contributed by atoms with van der Waals surface area (Å²) in [6, 6.07) is 12.6. The van der Waals surface area contributed by atoms with Crippen LogP contribution >= 0.6 is 0 Å². The standard InChI is InChI=1S/C21H22N2O5/c1-26-16-5-7-17(8-6-16)27-11-10-23-18-12-15(22-21(25)14-2-3-14)4-9-19(18)28-13-20(23)24/h4-9,12,14H,2-3,10-11,13H2,1H3,(H,22,25). The molecule has 2 amide bonds. The highest BCUT2D eigenvalue weighted by atomic mass is 16.5. The van der Waals surface area contributed by atoms with Gasteiger partial charge in [-0.3, -0.25) is 9.59 Å². The number of carbonyl (C=O) groups is 2. The summed E-state index contributed by atoms with van der Waals surface area (Å²) in [5, 5.41) is 2.91. The zero-order valence-electron chi connectivity index (χ0n) is 15.6. The molecular formula is C21H22N2O5. The highest BCUT2D eigenvalue weighted by Gasteiger charge is 2.30. The SMILES string of the molecule is COc1ccc(OCCN2C(=O)COc3ccc(NC(=O)C4CC4)cc32)cc1. The number of hydrogen-bond donors (Lipinski definition) is 1. The van der Waals surface area contributed by atoms with Gasteiger partial charge in [-0.15, -0.1) is 0 Å². The second kappa shape index (κ2) is 7.80. The van der Waals surface area contributed by atoms with Crippen LogP contribution in [0.25, 0.3) is 0 Å². The molecule has 2 aliphatic rings. The molecule has 146 valence electrons. The summed E-state index contributed by atoms with van der Waals surface area (Å²) in [5.74, 6) is 2.07. The Morgan fingerprint density at radius 1 is 1.18 bits per heavy atom. The smallest absolute Gasteiger partial charge is 0.265 e. The lowest BCUT2D eigenvalue weighted by Gasteiger charge is -2.29. The van der Waals surface area contributed by atoms with E-state index < -0.39 is 0 Å². The van der Waals surface area contributed by atoms with Crippen LogP contribution in [0.3, 0.4) is 0 Å². The van der Waals surface area contributed by atoms with Crippen molar-refractivity contribution in [3.63, 3.8) is 0 Å². The van der Waals surface area contributed by atoms with Gasteiger partial charge < -0.3 is 24.4 Å². The summed E-state index contributed by atoms with van der Waals surface area (Å²) in [6.45, 7) is 0.695. The number of methoxy groups -OCH3 is 1. The number of carbonyl (C=O) groups excluding carboxylic acids is 2. The van der Waals surface area contributed by atoms with Gasteiger partial charge >= 0.3 is 0 Å². The van der Waals surface area contributed by atoms with Crippen molar-refractivity contribution in [2.24, 2.45) is 5.92 Å². The number of anilines is 2. The molecule has 2 aromatic carbocycles. The van der Waals surface area contributed by atoms with Crippen LogP contribution in [0, 0.1) is 5.92 Å². The molecule has 1 saturated carbocycles. The van der Waals surface area contributed by atoms with Gasteiger partial charge in [0.25, 0.3) is 5.91 Å². The average molecular weight is 382 g/mol. The molecule has 0 spiro atoms. The highest BCUT2D eigenvalue weighted by Crippen LogP contribution is 2.36. The maximum Gasteiger partial charge on any atom is 0.265 e. The van der Waals surface area contributed by atoms with E-state index in [1.165, 1.54) is 0 Å². The second-order valence-electron chi connectivity index (χ2n) is 6.80. The Morgan fingerprint density at radius 2 is 1.93 bits per heavy atom. The molecule has 1 N–H and O–H groups in total. The third kappa shape index (κ3) is 4.03. The van der Waals surface area contributed by atoms with Gasteiger partial charge in [0.15, 0.2) is 6.61 Å². The molecule has 2 aromatic rings. The fourth-order valence-corrected chi connectivity index (χ4v) is 3.04. The van der Waals surface area contributed by atoms with E-state index in [9.17, 15) is 9.59 Å². The fourth-order valence-electron chi connectivity index (χ4n) is 3.04. The molecule has 0 saturated heterocycles. The van der Waals surface area contributed by atoms with Gasteiger partial charge in [-0.25, -0.2) is 0 Å². The van der Waals surface area contributed by atoms with Gasteiger partial charge in [-0.05, 0) is 55.3 Å². The van der Waals surface area contributed by atoms with Crippen molar-refractivity contribution in [1.82, 2.24) is 0 Å². The van der Waals surface area contributed by atoms with Crippen molar-refractivity contribution in [2.75, 3.05) is 37.1 Å². The van der Waals surface area contributed by atoms with E-state index in [1.807, 2.05) is 24.3 Å². The van der Waals surface area contributed by atoms with Crippen molar-refractivity contribution in [3.8, 4) is 17.2 Å². The number of benzene rings is 2. The molecule has 0 atom stereocenters. The number of ether oxygens (including phenoxy) is 3. The van der Waals surface area contributed by atoms with Gasteiger partial charge in [0.05, 0.1) is 19.3 Å². The van der Waals surface area contributed by atoms with Crippen LogP contribution in [-0.4, -0.2) is 38.7 Å². The van der Waals surface area contributed by atoms with Crippen molar-refractivity contribution in [1.29, 1.82) is 0 Å². The van der Waals surface area contributed by atoms with Gasteiger partial charge in [0.1, 0.15) is 23.9 Å². The number of fused-ring (bicyclic) bond motifs is 1. The Hall–Kier alpha value is -3.22. The maximum atomic E-state index is 12.4. The summed E-state index contributed by atoms with van der Waals surface area (Å²) in [4.78, 5) is 26.0. The van der Waals surface area contributed by atoms with Gasteiger partial charge in [0, 0.05) is 11.6 Å². The third-order valence-corrected chi connectivity index (χ3v) is 4.76. The molecule has 0 unspecified atom stereocenters. The lowest BCUT2D eigenvalue weighted by atomic mass is 10.2. The van der Waals surface area contributed by atoms with Crippen molar-refractivity contribution >= 4 is 23.2 Å². The summed E-state index contributed by atoms with van der Waals surface area (Å²) in [5.41, 5.74) is 1.30. The van der Waals surface area contributed by atoms with Crippen LogP contribution in [0.5, 0.6) is 17.2 Å². The van der Waals surface area contributed by atoms with E-state index in [0.29, 0.717) is 36.0 Å². The summed E-state index contributed by atoms with van der Waals surface area (Å²) < 4.78 is 16.4. The number of nitrogens with one attached hydrogen (secondary N) is 1. The molecule has 4 rings (SSSR count). The fraction of sp³-hybridized carbons (Fsp3) is 0.333. The number of amides is 2. The predicted molar refractivity (Wildman–Crippen MR) is 104 cm³/mol. The van der Waals surface area contributed by atoms with E-state index in [4.69, 9.17) is 14.2 Å². The lowest BCUT2D eigenvalue weighted by Crippen LogP contribution is -2.41. The second-order valence-corrected chi connectivity index (χ2v) is 6.80. The molecule has 0 bridgehead atoms. The quantitative estimate of drug-likeness (QED) is 0.797. The highest BCUT2D eigenvalue weighted by molar-refractivity contribution is 6.00. The van der Waals surface area contributed by atoms with Crippen LogP contribution in [-0.2, 0) is 9.59 Å². The molecule has 0 radical (unpaired) electrons. The predicted octanol–water partition coefficient (Wildman–Crippen LogP) is 2.85. The Balaban J connectivity index is 1.43. The maximum absolute atomic E-state index is 12.4. The van der Waals surface area contributed by atoms with Crippen LogP contribution in [0.1, 0.15) is 12.8 Å². The van der Waals surface area contributed by atoms with Crippen LogP contribution < -0.4 is 24.4 Å². The molecule has 1 heterocycles. The van der Waals surface area contributed by atoms with E-state index in [1.54, 1.807) is 30.2 Å². The molecule has 1 aliphatic carbocycles. The molecule has 1 aliphatic heterocycles. The van der Waals surface area contributed by atoms with E-state index in [-0.39, 0.29) is 24.3 Å². The Kier molecular flexibility index (Phi) is 5.06. The summed E-state index contributed by atoms with van der Waals surface area (Å²) >= 11 is 0. The average Bonchev–Trinajstić information content (AvgIpc) is 3.56. The molecule has 7 heteroatoms.